The van der Waals surface area contributed by atoms with Crippen LogP contribution in [0.3, 0.4) is 0 Å². The Bertz CT molecular complexity index is 690. The largest absolute Gasteiger partial charge is 0.396 e. The summed E-state index contributed by atoms with van der Waals surface area (Å²) in [7, 11) is 0. The third-order valence-electron chi connectivity index (χ3n) is 2.68. The van der Waals surface area contributed by atoms with Crippen molar-refractivity contribution in [1.29, 1.82) is 0 Å². The summed E-state index contributed by atoms with van der Waals surface area (Å²) < 4.78 is 5.04. The van der Waals surface area contributed by atoms with Crippen molar-refractivity contribution in [3.8, 4) is 11.4 Å². The maximum Gasteiger partial charge on any atom is 0.229 e. The Labute approximate surface area is 107 Å². The summed E-state index contributed by atoms with van der Waals surface area (Å²) in [5.41, 5.74) is 1.79. The summed E-state index contributed by atoms with van der Waals surface area (Å²) in [6.45, 7) is -0.0126. The number of benzene rings is 1. The minimum Gasteiger partial charge on any atom is -0.396 e. The minimum atomic E-state index is -0.0126. The fourth-order valence-corrected chi connectivity index (χ4v) is 2.01. The summed E-state index contributed by atoms with van der Waals surface area (Å²) in [5, 5.41) is 14.3. The lowest BCUT2D eigenvalue weighted by Crippen LogP contribution is -1.89. The normalized spacial score (nSPS) is 11.2. The smallest absolute Gasteiger partial charge is 0.229 e. The number of aliphatic hydroxyl groups is 1. The zero-order valence-electron chi connectivity index (χ0n) is 9.35. The topological polar surface area (TPSA) is 74.9 Å². The molecule has 0 saturated heterocycles. The van der Waals surface area contributed by atoms with Gasteiger partial charge in [0.15, 0.2) is 0 Å². The molecule has 0 radical (unpaired) electrons. The van der Waals surface area contributed by atoms with Crippen LogP contribution in [-0.4, -0.2) is 26.8 Å². The lowest BCUT2D eigenvalue weighted by atomic mass is 10.1. The quantitative estimate of drug-likeness (QED) is 0.761. The molecule has 0 fully saturated rings. The van der Waals surface area contributed by atoms with Crippen LogP contribution in [0.2, 0.25) is 5.02 Å². The fourth-order valence-electron chi connectivity index (χ4n) is 1.84. The number of hydrogen-bond donors (Lipinski definition) is 2. The van der Waals surface area contributed by atoms with E-state index in [2.05, 4.69) is 15.1 Å². The second-order valence-corrected chi connectivity index (χ2v) is 4.31. The second kappa shape index (κ2) is 4.44. The molecule has 5 nitrogen and oxygen atoms in total. The number of nitrogens with zero attached hydrogens (tertiary/aromatic N) is 2. The average molecular weight is 264 g/mol. The highest BCUT2D eigenvalue weighted by atomic mass is 35.5. The Kier molecular flexibility index (Phi) is 2.77. The fraction of sp³-hybridized carbons (Fsp3) is 0.167. The molecule has 1 aromatic carbocycles. The van der Waals surface area contributed by atoms with Gasteiger partial charge in [0, 0.05) is 27.7 Å². The Balaban J connectivity index is 2.09. The Morgan fingerprint density at radius 3 is 3.11 bits per heavy atom. The van der Waals surface area contributed by atoms with Crippen molar-refractivity contribution in [3.05, 3.63) is 35.3 Å². The van der Waals surface area contributed by atoms with E-state index in [-0.39, 0.29) is 6.61 Å². The SMILES string of the molecule is OCCc1nc(-c2c[nH]c3ccc(Cl)cc23)no1. The molecule has 0 atom stereocenters. The Morgan fingerprint density at radius 1 is 1.39 bits per heavy atom. The van der Waals surface area contributed by atoms with E-state index in [4.69, 9.17) is 21.2 Å². The van der Waals surface area contributed by atoms with Gasteiger partial charge in [-0.25, -0.2) is 0 Å². The maximum absolute atomic E-state index is 8.82. The van der Waals surface area contributed by atoms with Crippen molar-refractivity contribution < 1.29 is 9.63 Å². The lowest BCUT2D eigenvalue weighted by Gasteiger charge is -1.93. The number of halogens is 1. The van der Waals surface area contributed by atoms with E-state index in [0.29, 0.717) is 23.2 Å². The van der Waals surface area contributed by atoms with E-state index < -0.39 is 0 Å². The first-order valence-electron chi connectivity index (χ1n) is 5.48. The molecule has 6 heteroatoms. The van der Waals surface area contributed by atoms with E-state index in [9.17, 15) is 0 Å². The molecule has 0 aliphatic carbocycles. The van der Waals surface area contributed by atoms with E-state index in [1.165, 1.54) is 0 Å². The van der Waals surface area contributed by atoms with Gasteiger partial charge < -0.3 is 14.6 Å². The van der Waals surface area contributed by atoms with Crippen molar-refractivity contribution in [2.75, 3.05) is 6.61 Å². The molecule has 0 aliphatic heterocycles. The van der Waals surface area contributed by atoms with Crippen LogP contribution in [0.25, 0.3) is 22.3 Å². The maximum atomic E-state index is 8.82. The molecular weight excluding hydrogens is 254 g/mol. The highest BCUT2D eigenvalue weighted by Crippen LogP contribution is 2.28. The lowest BCUT2D eigenvalue weighted by molar-refractivity contribution is 0.274. The van der Waals surface area contributed by atoms with Crippen molar-refractivity contribution in [3.63, 3.8) is 0 Å². The molecule has 0 aliphatic rings. The summed E-state index contributed by atoms with van der Waals surface area (Å²) in [6.07, 6.45) is 2.17. The monoisotopic (exact) mass is 263 g/mol. The van der Waals surface area contributed by atoms with Gasteiger partial charge >= 0.3 is 0 Å². The van der Waals surface area contributed by atoms with E-state index >= 15 is 0 Å². The van der Waals surface area contributed by atoms with E-state index in [0.717, 1.165) is 16.5 Å². The minimum absolute atomic E-state index is 0.0126. The van der Waals surface area contributed by atoms with Crippen molar-refractivity contribution >= 4 is 22.5 Å². The highest BCUT2D eigenvalue weighted by molar-refractivity contribution is 6.31. The summed E-state index contributed by atoms with van der Waals surface area (Å²) in [6, 6.07) is 5.57. The van der Waals surface area contributed by atoms with Gasteiger partial charge in [-0.2, -0.15) is 4.98 Å². The van der Waals surface area contributed by atoms with Gasteiger partial charge in [-0.3, -0.25) is 0 Å². The molecule has 3 rings (SSSR count). The van der Waals surface area contributed by atoms with Gasteiger partial charge in [-0.05, 0) is 18.2 Å². The van der Waals surface area contributed by atoms with Crippen LogP contribution in [0.1, 0.15) is 5.89 Å². The van der Waals surface area contributed by atoms with Gasteiger partial charge in [0.2, 0.25) is 11.7 Å². The molecular formula is C12H10ClN3O2. The molecule has 2 N–H and O–H groups in total. The predicted octanol–water partition coefficient (Wildman–Crippen LogP) is 2.41. The number of nitrogens with one attached hydrogen (secondary N) is 1. The molecule has 2 aromatic heterocycles. The van der Waals surface area contributed by atoms with Crippen LogP contribution in [-0.2, 0) is 6.42 Å². The number of fused-ring (bicyclic) bond motifs is 1. The van der Waals surface area contributed by atoms with Crippen LogP contribution in [0.5, 0.6) is 0 Å². The van der Waals surface area contributed by atoms with Gasteiger partial charge in [0.25, 0.3) is 0 Å². The summed E-state index contributed by atoms with van der Waals surface area (Å²) >= 11 is 5.98. The number of aromatic amines is 1. The predicted molar refractivity (Wildman–Crippen MR) is 67.4 cm³/mol. The number of H-pyrrole nitrogens is 1. The first kappa shape index (κ1) is 11.3. The van der Waals surface area contributed by atoms with Crippen LogP contribution in [0.4, 0.5) is 0 Å². The van der Waals surface area contributed by atoms with Crippen LogP contribution >= 0.6 is 11.6 Å². The molecule has 18 heavy (non-hydrogen) atoms. The van der Waals surface area contributed by atoms with Crippen LogP contribution < -0.4 is 0 Å². The first-order valence-corrected chi connectivity index (χ1v) is 5.86. The van der Waals surface area contributed by atoms with Crippen molar-refractivity contribution in [2.24, 2.45) is 0 Å². The molecule has 0 spiro atoms. The molecule has 0 amide bonds. The number of aliphatic hydroxyl groups excluding tert-OH is 1. The zero-order chi connectivity index (χ0) is 12.5. The summed E-state index contributed by atoms with van der Waals surface area (Å²) in [4.78, 5) is 7.35. The number of hydrogen-bond acceptors (Lipinski definition) is 4. The second-order valence-electron chi connectivity index (χ2n) is 3.88. The third-order valence-corrected chi connectivity index (χ3v) is 2.91. The van der Waals surface area contributed by atoms with E-state index in [1.807, 2.05) is 24.4 Å². The Morgan fingerprint density at radius 2 is 2.28 bits per heavy atom. The van der Waals surface area contributed by atoms with E-state index in [1.54, 1.807) is 0 Å². The van der Waals surface area contributed by atoms with Gasteiger partial charge in [0.1, 0.15) is 0 Å². The molecule has 3 aromatic rings. The summed E-state index contributed by atoms with van der Waals surface area (Å²) in [5.74, 6) is 0.913. The van der Waals surface area contributed by atoms with Gasteiger partial charge in [0.05, 0.1) is 13.0 Å². The van der Waals surface area contributed by atoms with Gasteiger partial charge in [-0.1, -0.05) is 16.8 Å². The zero-order valence-corrected chi connectivity index (χ0v) is 10.1. The Hall–Kier alpha value is -1.85. The highest BCUT2D eigenvalue weighted by Gasteiger charge is 2.13. The third kappa shape index (κ3) is 1.87. The first-order chi connectivity index (χ1) is 8.78. The molecule has 0 unspecified atom stereocenters. The number of aromatic nitrogens is 3. The van der Waals surface area contributed by atoms with Crippen LogP contribution in [0, 0.1) is 0 Å². The molecule has 0 bridgehead atoms. The van der Waals surface area contributed by atoms with Crippen LogP contribution in [0.15, 0.2) is 28.9 Å². The molecule has 2 heterocycles. The number of rotatable bonds is 3. The standard InChI is InChI=1S/C12H10ClN3O2/c13-7-1-2-10-8(5-7)9(6-14-10)12-15-11(3-4-17)18-16-12/h1-2,5-6,14,17H,3-4H2. The molecule has 92 valence electrons. The van der Waals surface area contributed by atoms with Crippen molar-refractivity contribution in [1.82, 2.24) is 15.1 Å². The molecule has 0 saturated carbocycles. The van der Waals surface area contributed by atoms with Crippen molar-refractivity contribution in [2.45, 2.75) is 6.42 Å². The van der Waals surface area contributed by atoms with Gasteiger partial charge in [-0.15, -0.1) is 0 Å². The average Bonchev–Trinajstić information content (AvgIpc) is 2.95.